The van der Waals surface area contributed by atoms with Crippen LogP contribution in [0.5, 0.6) is 5.75 Å². The zero-order valence-corrected chi connectivity index (χ0v) is 12.2. The summed E-state index contributed by atoms with van der Waals surface area (Å²) in [6.45, 7) is 9.31. The van der Waals surface area contributed by atoms with Crippen molar-refractivity contribution in [3.63, 3.8) is 0 Å². The molecule has 0 aliphatic carbocycles. The van der Waals surface area contributed by atoms with E-state index in [1.807, 2.05) is 6.92 Å². The summed E-state index contributed by atoms with van der Waals surface area (Å²) < 4.78 is 11.1. The molecule has 0 radical (unpaired) electrons. The third-order valence-corrected chi connectivity index (χ3v) is 4.33. The first kappa shape index (κ1) is 14.4. The molecule has 0 bridgehead atoms. The molecule has 1 aromatic carbocycles. The molecule has 1 fully saturated rings. The number of hydrogen-bond acceptors (Lipinski definition) is 3. The van der Waals surface area contributed by atoms with Crippen LogP contribution in [0.15, 0.2) is 18.2 Å². The minimum atomic E-state index is 0.110. The minimum absolute atomic E-state index is 0.110. The van der Waals surface area contributed by atoms with Gasteiger partial charge in [-0.3, -0.25) is 0 Å². The summed E-state index contributed by atoms with van der Waals surface area (Å²) in [6.07, 6.45) is 1.09. The van der Waals surface area contributed by atoms with Crippen LogP contribution < -0.4 is 10.5 Å². The van der Waals surface area contributed by atoms with Gasteiger partial charge in [-0.2, -0.15) is 0 Å². The lowest BCUT2D eigenvalue weighted by Gasteiger charge is -2.47. The summed E-state index contributed by atoms with van der Waals surface area (Å²) in [5, 5.41) is 0. The molecule has 0 saturated carbocycles. The molecule has 1 saturated heterocycles. The van der Waals surface area contributed by atoms with E-state index in [0.717, 1.165) is 25.4 Å². The van der Waals surface area contributed by atoms with Crippen LogP contribution in [-0.4, -0.2) is 26.4 Å². The number of nitrogens with two attached hydrogens (primary N) is 1. The zero-order chi connectivity index (χ0) is 13.9. The Bertz CT molecular complexity index is 423. The predicted octanol–water partition coefficient (Wildman–Crippen LogP) is 2.65. The van der Waals surface area contributed by atoms with E-state index in [0.29, 0.717) is 19.1 Å². The van der Waals surface area contributed by atoms with Crippen molar-refractivity contribution >= 4 is 0 Å². The van der Waals surface area contributed by atoms with Gasteiger partial charge in [0.05, 0.1) is 19.8 Å². The fourth-order valence-electron chi connectivity index (χ4n) is 3.02. The second-order valence-corrected chi connectivity index (χ2v) is 5.40. The largest absolute Gasteiger partial charge is 0.494 e. The smallest absolute Gasteiger partial charge is 0.122 e. The van der Waals surface area contributed by atoms with Crippen LogP contribution in [0.2, 0.25) is 0 Å². The first-order chi connectivity index (χ1) is 9.17. The highest BCUT2D eigenvalue weighted by Gasteiger charge is 2.45. The number of aryl methyl sites for hydroxylation is 1. The van der Waals surface area contributed by atoms with Crippen molar-refractivity contribution in [1.82, 2.24) is 0 Å². The van der Waals surface area contributed by atoms with E-state index in [-0.39, 0.29) is 5.41 Å². The number of rotatable bonds is 6. The van der Waals surface area contributed by atoms with Crippen LogP contribution in [0.3, 0.4) is 0 Å². The van der Waals surface area contributed by atoms with Crippen molar-refractivity contribution in [1.29, 1.82) is 0 Å². The highest BCUT2D eigenvalue weighted by atomic mass is 16.5. The van der Waals surface area contributed by atoms with E-state index in [2.05, 4.69) is 32.0 Å². The SMILES string of the molecule is CCOc1ccc(C2(C(CC)CN)COC2)cc1C. The van der Waals surface area contributed by atoms with Crippen molar-refractivity contribution in [3.8, 4) is 5.75 Å². The van der Waals surface area contributed by atoms with Crippen molar-refractivity contribution in [2.75, 3.05) is 26.4 Å². The summed E-state index contributed by atoms with van der Waals surface area (Å²) in [6, 6.07) is 6.50. The molecular weight excluding hydrogens is 238 g/mol. The molecule has 0 aromatic heterocycles. The van der Waals surface area contributed by atoms with Crippen LogP contribution in [0.4, 0.5) is 0 Å². The Labute approximate surface area is 116 Å². The molecule has 3 nitrogen and oxygen atoms in total. The van der Waals surface area contributed by atoms with E-state index in [9.17, 15) is 0 Å². The van der Waals surface area contributed by atoms with Crippen LogP contribution in [0, 0.1) is 12.8 Å². The molecule has 19 heavy (non-hydrogen) atoms. The second kappa shape index (κ2) is 5.93. The van der Waals surface area contributed by atoms with Crippen molar-refractivity contribution in [2.24, 2.45) is 11.7 Å². The highest BCUT2D eigenvalue weighted by molar-refractivity contribution is 5.41. The lowest BCUT2D eigenvalue weighted by molar-refractivity contribution is -0.0898. The second-order valence-electron chi connectivity index (χ2n) is 5.40. The molecule has 1 aromatic rings. The molecule has 1 unspecified atom stereocenters. The van der Waals surface area contributed by atoms with Crippen LogP contribution in [-0.2, 0) is 10.2 Å². The summed E-state index contributed by atoms with van der Waals surface area (Å²) in [7, 11) is 0. The van der Waals surface area contributed by atoms with E-state index in [1.54, 1.807) is 0 Å². The third kappa shape index (κ3) is 2.49. The monoisotopic (exact) mass is 263 g/mol. The molecule has 0 spiro atoms. The Morgan fingerprint density at radius 1 is 1.37 bits per heavy atom. The Balaban J connectivity index is 2.31. The molecular formula is C16H25NO2. The number of ether oxygens (including phenoxy) is 2. The molecule has 1 aliphatic heterocycles. The first-order valence-corrected chi connectivity index (χ1v) is 7.19. The van der Waals surface area contributed by atoms with Gasteiger partial charge in [-0.25, -0.2) is 0 Å². The Kier molecular flexibility index (Phi) is 4.48. The van der Waals surface area contributed by atoms with Crippen LogP contribution >= 0.6 is 0 Å². The van der Waals surface area contributed by atoms with Gasteiger partial charge < -0.3 is 15.2 Å². The van der Waals surface area contributed by atoms with Gasteiger partial charge in [0.1, 0.15) is 5.75 Å². The Morgan fingerprint density at radius 3 is 2.53 bits per heavy atom. The van der Waals surface area contributed by atoms with Crippen LogP contribution in [0.25, 0.3) is 0 Å². The van der Waals surface area contributed by atoms with Gasteiger partial charge in [-0.05, 0) is 43.5 Å². The fraction of sp³-hybridized carbons (Fsp3) is 0.625. The van der Waals surface area contributed by atoms with E-state index in [4.69, 9.17) is 15.2 Å². The van der Waals surface area contributed by atoms with Gasteiger partial charge in [-0.15, -0.1) is 0 Å². The molecule has 1 atom stereocenters. The number of hydrogen-bond donors (Lipinski definition) is 1. The summed E-state index contributed by atoms with van der Waals surface area (Å²) in [5.74, 6) is 1.46. The summed E-state index contributed by atoms with van der Waals surface area (Å²) in [5.41, 5.74) is 8.60. The fourth-order valence-corrected chi connectivity index (χ4v) is 3.02. The predicted molar refractivity (Wildman–Crippen MR) is 77.7 cm³/mol. The molecule has 1 aliphatic rings. The van der Waals surface area contributed by atoms with Gasteiger partial charge in [0.2, 0.25) is 0 Å². The maximum absolute atomic E-state index is 5.95. The van der Waals surface area contributed by atoms with Gasteiger partial charge in [0, 0.05) is 5.41 Å². The lowest BCUT2D eigenvalue weighted by atomic mass is 9.67. The van der Waals surface area contributed by atoms with E-state index in [1.165, 1.54) is 11.1 Å². The topological polar surface area (TPSA) is 44.5 Å². The van der Waals surface area contributed by atoms with Gasteiger partial charge in [0.15, 0.2) is 0 Å². The van der Waals surface area contributed by atoms with Gasteiger partial charge in [0.25, 0.3) is 0 Å². The average Bonchev–Trinajstić information content (AvgIpc) is 2.36. The third-order valence-electron chi connectivity index (χ3n) is 4.33. The normalized spacial score (nSPS) is 18.7. The quantitative estimate of drug-likeness (QED) is 0.858. The maximum atomic E-state index is 5.95. The first-order valence-electron chi connectivity index (χ1n) is 7.19. The highest BCUT2D eigenvalue weighted by Crippen LogP contribution is 2.41. The molecule has 3 heteroatoms. The molecule has 1 heterocycles. The van der Waals surface area contributed by atoms with Gasteiger partial charge >= 0.3 is 0 Å². The van der Waals surface area contributed by atoms with Crippen molar-refractivity contribution in [3.05, 3.63) is 29.3 Å². The molecule has 2 N–H and O–H groups in total. The summed E-state index contributed by atoms with van der Waals surface area (Å²) in [4.78, 5) is 0. The molecule has 0 amide bonds. The summed E-state index contributed by atoms with van der Waals surface area (Å²) >= 11 is 0. The van der Waals surface area contributed by atoms with Crippen molar-refractivity contribution < 1.29 is 9.47 Å². The lowest BCUT2D eigenvalue weighted by Crippen LogP contribution is -2.54. The van der Waals surface area contributed by atoms with E-state index < -0.39 is 0 Å². The molecule has 2 rings (SSSR count). The van der Waals surface area contributed by atoms with Crippen molar-refractivity contribution in [2.45, 2.75) is 32.6 Å². The standard InChI is InChI=1S/C16H25NO2/c1-4-13(9-17)16(10-18-11-16)14-6-7-15(19-5-2)12(3)8-14/h6-8,13H,4-5,9-11,17H2,1-3H3. The van der Waals surface area contributed by atoms with E-state index >= 15 is 0 Å². The number of benzene rings is 1. The van der Waals surface area contributed by atoms with Crippen LogP contribution in [0.1, 0.15) is 31.4 Å². The minimum Gasteiger partial charge on any atom is -0.494 e. The Hall–Kier alpha value is -1.06. The van der Waals surface area contributed by atoms with Gasteiger partial charge in [-0.1, -0.05) is 25.5 Å². The Morgan fingerprint density at radius 2 is 2.11 bits per heavy atom. The zero-order valence-electron chi connectivity index (χ0n) is 12.2. The maximum Gasteiger partial charge on any atom is 0.122 e. The average molecular weight is 263 g/mol. The molecule has 106 valence electrons.